The maximum Gasteiger partial charge on any atom is 0.270 e. The Labute approximate surface area is 197 Å². The fraction of sp³-hybridized carbons (Fsp3) is 0.200. The van der Waals surface area contributed by atoms with Gasteiger partial charge in [0.2, 0.25) is 0 Å². The van der Waals surface area contributed by atoms with Gasteiger partial charge in [0.15, 0.2) is 15.8 Å². The molecule has 0 N–H and O–H groups in total. The number of thiocarbonyl (C=S) groups is 1. The number of thioether (sulfide) groups is 1. The average Bonchev–Trinajstić information content (AvgIpc) is 2.96. The van der Waals surface area contributed by atoms with E-state index >= 15 is 0 Å². The van der Waals surface area contributed by atoms with Gasteiger partial charge in [-0.05, 0) is 71.5 Å². The van der Waals surface area contributed by atoms with Crippen LogP contribution in [0.3, 0.4) is 0 Å². The summed E-state index contributed by atoms with van der Waals surface area (Å²) in [6, 6.07) is 8.90. The molecule has 0 atom stereocenters. The molecule has 0 aromatic heterocycles. The first-order valence-electron chi connectivity index (χ1n) is 8.51. The Hall–Kier alpha value is -1.49. The van der Waals surface area contributed by atoms with Crippen molar-refractivity contribution in [1.82, 2.24) is 0 Å². The highest BCUT2D eigenvalue weighted by Crippen LogP contribution is 2.40. The van der Waals surface area contributed by atoms with E-state index in [4.69, 9.17) is 38.0 Å². The van der Waals surface area contributed by atoms with Crippen LogP contribution in [0.2, 0.25) is 5.02 Å². The number of rotatable bonds is 6. The molecule has 1 fully saturated rings. The molecule has 1 saturated heterocycles. The Morgan fingerprint density at radius 1 is 1.21 bits per heavy atom. The minimum Gasteiger partial charge on any atom is -0.495 e. The van der Waals surface area contributed by atoms with Crippen LogP contribution in [0.15, 0.2) is 35.2 Å². The first-order chi connectivity index (χ1) is 13.9. The van der Waals surface area contributed by atoms with E-state index in [0.29, 0.717) is 43.8 Å². The molecular weight excluding hydrogens is 545 g/mol. The normalized spacial score (nSPS) is 15.2. The fourth-order valence-electron chi connectivity index (χ4n) is 2.74. The minimum absolute atomic E-state index is 0.205. The molecule has 3 rings (SSSR count). The molecule has 0 saturated carbocycles. The summed E-state index contributed by atoms with van der Waals surface area (Å²) in [5, 5.41) is 0.411. The van der Waals surface area contributed by atoms with Crippen LogP contribution in [0.5, 0.6) is 17.2 Å². The number of halogens is 2. The van der Waals surface area contributed by atoms with Gasteiger partial charge in [-0.2, -0.15) is 0 Å². The van der Waals surface area contributed by atoms with Gasteiger partial charge in [-0.3, -0.25) is 9.69 Å². The van der Waals surface area contributed by atoms with Crippen LogP contribution in [0, 0.1) is 3.57 Å². The molecule has 0 aliphatic carbocycles. The van der Waals surface area contributed by atoms with Gasteiger partial charge < -0.3 is 14.2 Å². The zero-order valence-electron chi connectivity index (χ0n) is 15.8. The van der Waals surface area contributed by atoms with Gasteiger partial charge in [0.05, 0.1) is 40.0 Å². The summed E-state index contributed by atoms with van der Waals surface area (Å²) in [4.78, 5) is 15.0. The van der Waals surface area contributed by atoms with Crippen molar-refractivity contribution in [1.29, 1.82) is 0 Å². The van der Waals surface area contributed by atoms with E-state index in [9.17, 15) is 4.79 Å². The second-order valence-corrected chi connectivity index (χ2v) is 9.05. The molecule has 0 bridgehead atoms. The van der Waals surface area contributed by atoms with Crippen molar-refractivity contribution in [2.75, 3.05) is 25.7 Å². The van der Waals surface area contributed by atoms with Gasteiger partial charge in [0.1, 0.15) is 5.75 Å². The Kier molecular flexibility index (Phi) is 7.31. The van der Waals surface area contributed by atoms with E-state index in [1.807, 2.05) is 19.1 Å². The molecule has 1 amide bonds. The first kappa shape index (κ1) is 22.2. The van der Waals surface area contributed by atoms with Crippen molar-refractivity contribution < 1.29 is 19.0 Å². The Bertz CT molecular complexity index is 1010. The SMILES string of the molecule is CCOc1c(I)cc(/C=C2/SC(=S)N(c3ccc(OC)c(Cl)c3)C2=O)cc1OC. The van der Waals surface area contributed by atoms with E-state index in [-0.39, 0.29) is 5.91 Å². The van der Waals surface area contributed by atoms with Gasteiger partial charge in [0.25, 0.3) is 5.91 Å². The third-order valence-corrected chi connectivity index (χ3v) is 6.42. The number of hydrogen-bond donors (Lipinski definition) is 0. The van der Waals surface area contributed by atoms with E-state index in [2.05, 4.69) is 22.6 Å². The van der Waals surface area contributed by atoms with Crippen molar-refractivity contribution in [3.63, 3.8) is 0 Å². The van der Waals surface area contributed by atoms with Gasteiger partial charge in [-0.25, -0.2) is 0 Å². The lowest BCUT2D eigenvalue weighted by Crippen LogP contribution is -2.27. The summed E-state index contributed by atoms with van der Waals surface area (Å²) in [5.41, 5.74) is 1.42. The lowest BCUT2D eigenvalue weighted by atomic mass is 10.1. The standard InChI is InChI=1S/C20H17ClINO4S2/c1-4-27-18-14(22)7-11(8-16(18)26-3)9-17-19(24)23(20(28)29-17)12-5-6-15(25-2)13(21)10-12/h5-10H,4H2,1-3H3/b17-9+. The molecule has 152 valence electrons. The molecular formula is C20H17ClINO4S2. The maximum absolute atomic E-state index is 13.0. The molecule has 1 aliphatic rings. The molecule has 2 aromatic carbocycles. The lowest BCUT2D eigenvalue weighted by molar-refractivity contribution is -0.113. The van der Waals surface area contributed by atoms with E-state index in [0.717, 1.165) is 9.13 Å². The number of hydrogen-bond acceptors (Lipinski definition) is 6. The third-order valence-electron chi connectivity index (χ3n) is 4.03. The van der Waals surface area contributed by atoms with Crippen LogP contribution < -0.4 is 19.1 Å². The second kappa shape index (κ2) is 9.55. The zero-order valence-corrected chi connectivity index (χ0v) is 20.4. The molecule has 1 aliphatic heterocycles. The molecule has 2 aromatic rings. The third kappa shape index (κ3) is 4.65. The number of benzene rings is 2. The Morgan fingerprint density at radius 3 is 2.55 bits per heavy atom. The largest absolute Gasteiger partial charge is 0.495 e. The lowest BCUT2D eigenvalue weighted by Gasteiger charge is -2.15. The van der Waals surface area contributed by atoms with Crippen LogP contribution in [0.25, 0.3) is 6.08 Å². The monoisotopic (exact) mass is 561 g/mol. The predicted octanol–water partition coefficient (Wildman–Crippen LogP) is 5.77. The first-order valence-corrected chi connectivity index (χ1v) is 11.2. The van der Waals surface area contributed by atoms with Crippen molar-refractivity contribution in [2.24, 2.45) is 0 Å². The highest BCUT2D eigenvalue weighted by molar-refractivity contribution is 14.1. The number of carbonyl (C=O) groups is 1. The number of ether oxygens (including phenoxy) is 3. The average molecular weight is 562 g/mol. The molecule has 9 heteroatoms. The number of anilines is 1. The summed E-state index contributed by atoms with van der Waals surface area (Å²) in [6.07, 6.45) is 1.80. The molecule has 0 radical (unpaired) electrons. The van der Waals surface area contributed by atoms with E-state index < -0.39 is 0 Å². The topological polar surface area (TPSA) is 48.0 Å². The smallest absolute Gasteiger partial charge is 0.270 e. The fourth-order valence-corrected chi connectivity index (χ4v) is 5.08. The van der Waals surface area contributed by atoms with Crippen LogP contribution in [0.4, 0.5) is 5.69 Å². The van der Waals surface area contributed by atoms with Gasteiger partial charge in [0, 0.05) is 0 Å². The number of amides is 1. The summed E-state index contributed by atoms with van der Waals surface area (Å²) in [6.45, 7) is 2.45. The summed E-state index contributed by atoms with van der Waals surface area (Å²) >= 11 is 15.1. The van der Waals surface area contributed by atoms with Crippen molar-refractivity contribution in [2.45, 2.75) is 6.92 Å². The zero-order chi connectivity index (χ0) is 21.1. The molecule has 0 unspecified atom stereocenters. The molecule has 29 heavy (non-hydrogen) atoms. The minimum atomic E-state index is -0.205. The Balaban J connectivity index is 1.94. The number of carbonyl (C=O) groups excluding carboxylic acids is 1. The summed E-state index contributed by atoms with van der Waals surface area (Å²) in [5.74, 6) is 1.63. The Morgan fingerprint density at radius 2 is 1.93 bits per heavy atom. The van der Waals surface area contributed by atoms with Gasteiger partial charge in [-0.1, -0.05) is 35.6 Å². The van der Waals surface area contributed by atoms with Crippen LogP contribution in [-0.4, -0.2) is 31.1 Å². The van der Waals surface area contributed by atoms with Crippen molar-refractivity contribution in [3.05, 3.63) is 49.4 Å². The van der Waals surface area contributed by atoms with Crippen molar-refractivity contribution >= 4 is 80.2 Å². The van der Waals surface area contributed by atoms with Crippen LogP contribution in [-0.2, 0) is 4.79 Å². The van der Waals surface area contributed by atoms with E-state index in [1.54, 1.807) is 31.4 Å². The molecule has 1 heterocycles. The van der Waals surface area contributed by atoms with Gasteiger partial charge >= 0.3 is 0 Å². The molecule has 0 spiro atoms. The van der Waals surface area contributed by atoms with Crippen molar-refractivity contribution in [3.8, 4) is 17.2 Å². The summed E-state index contributed by atoms with van der Waals surface area (Å²) in [7, 11) is 3.13. The van der Waals surface area contributed by atoms with Crippen LogP contribution >= 0.6 is 58.2 Å². The number of methoxy groups -OCH3 is 2. The predicted molar refractivity (Wildman–Crippen MR) is 131 cm³/mol. The van der Waals surface area contributed by atoms with Gasteiger partial charge in [-0.15, -0.1) is 0 Å². The highest BCUT2D eigenvalue weighted by atomic mass is 127. The summed E-state index contributed by atoms with van der Waals surface area (Å²) < 4.78 is 17.6. The second-order valence-electron chi connectivity index (χ2n) is 5.80. The quantitative estimate of drug-likeness (QED) is 0.254. The number of nitrogens with zero attached hydrogens (tertiary/aromatic N) is 1. The maximum atomic E-state index is 13.0. The highest BCUT2D eigenvalue weighted by Gasteiger charge is 2.33. The van der Waals surface area contributed by atoms with Crippen LogP contribution in [0.1, 0.15) is 12.5 Å². The molecule has 5 nitrogen and oxygen atoms in total. The van der Waals surface area contributed by atoms with E-state index in [1.165, 1.54) is 23.8 Å².